The summed E-state index contributed by atoms with van der Waals surface area (Å²) in [5.74, 6) is -0.508. The van der Waals surface area contributed by atoms with E-state index in [1.165, 1.54) is 12.1 Å². The summed E-state index contributed by atoms with van der Waals surface area (Å²) in [6.45, 7) is 1.71. The average Bonchev–Trinajstić information content (AvgIpc) is 2.18. The molecule has 1 N–H and O–H groups in total. The lowest BCUT2D eigenvalue weighted by Gasteiger charge is -2.27. The van der Waals surface area contributed by atoms with E-state index in [9.17, 15) is 18.3 Å². The molecule has 0 aromatic heterocycles. The number of hydrogen-bond donors (Lipinski definition) is 1. The van der Waals surface area contributed by atoms with Gasteiger partial charge in [-0.1, -0.05) is 25.5 Å². The van der Waals surface area contributed by atoms with Gasteiger partial charge in [0.15, 0.2) is 0 Å². The summed E-state index contributed by atoms with van der Waals surface area (Å²) in [7, 11) is 0. The highest BCUT2D eigenvalue weighted by Crippen LogP contribution is 2.32. The topological polar surface area (TPSA) is 20.2 Å². The quantitative estimate of drug-likeness (QED) is 0.823. The maximum atomic E-state index is 12.7. The summed E-state index contributed by atoms with van der Waals surface area (Å²) in [5.41, 5.74) is -2.11. The largest absolute Gasteiger partial charge is 0.379 e. The van der Waals surface area contributed by atoms with Gasteiger partial charge in [0.05, 0.1) is 0 Å². The van der Waals surface area contributed by atoms with Crippen LogP contribution in [0.4, 0.5) is 13.2 Å². The molecule has 84 valence electrons. The summed E-state index contributed by atoms with van der Waals surface area (Å²) in [4.78, 5) is 0. The Morgan fingerprint density at radius 1 is 1.27 bits per heavy atom. The molecule has 1 rings (SSSR count). The Morgan fingerprint density at radius 3 is 2.20 bits per heavy atom. The Morgan fingerprint density at radius 2 is 1.80 bits per heavy atom. The van der Waals surface area contributed by atoms with E-state index in [-0.39, 0.29) is 12.0 Å². The molecule has 15 heavy (non-hydrogen) atoms. The van der Waals surface area contributed by atoms with E-state index in [1.807, 2.05) is 0 Å². The van der Waals surface area contributed by atoms with Crippen LogP contribution in [-0.2, 0) is 5.60 Å². The van der Waals surface area contributed by atoms with E-state index in [0.29, 0.717) is 6.42 Å². The number of hydrogen-bond acceptors (Lipinski definition) is 1. The van der Waals surface area contributed by atoms with Gasteiger partial charge >= 0.3 is 0 Å². The second-order valence-electron chi connectivity index (χ2n) is 3.48. The summed E-state index contributed by atoms with van der Waals surface area (Å²) >= 11 is 0. The SMILES string of the molecule is CCCC(O)(c1ccc(F)cc1)C(F)F. The molecule has 0 amide bonds. The van der Waals surface area contributed by atoms with Crippen molar-refractivity contribution >= 4 is 0 Å². The maximum Gasteiger partial charge on any atom is 0.270 e. The summed E-state index contributed by atoms with van der Waals surface area (Å²) in [6.07, 6.45) is -2.49. The Hall–Kier alpha value is -1.03. The number of halogens is 3. The Labute approximate surface area is 86.5 Å². The zero-order valence-corrected chi connectivity index (χ0v) is 8.38. The highest BCUT2D eigenvalue weighted by Gasteiger charge is 2.38. The lowest BCUT2D eigenvalue weighted by atomic mass is 9.90. The van der Waals surface area contributed by atoms with Gasteiger partial charge in [-0.3, -0.25) is 0 Å². The van der Waals surface area contributed by atoms with Crippen molar-refractivity contribution in [1.29, 1.82) is 0 Å². The van der Waals surface area contributed by atoms with Crippen LogP contribution in [0.2, 0.25) is 0 Å². The van der Waals surface area contributed by atoms with Crippen molar-refractivity contribution in [3.8, 4) is 0 Å². The molecular weight excluding hydrogens is 205 g/mol. The molecule has 0 heterocycles. The molecule has 4 heteroatoms. The van der Waals surface area contributed by atoms with Crippen LogP contribution in [-0.4, -0.2) is 11.5 Å². The monoisotopic (exact) mass is 218 g/mol. The van der Waals surface area contributed by atoms with Gasteiger partial charge in [-0.05, 0) is 24.1 Å². The fraction of sp³-hybridized carbons (Fsp3) is 0.455. The third-order valence-electron chi connectivity index (χ3n) is 2.34. The molecule has 1 atom stereocenters. The standard InChI is InChI=1S/C11H13F3O/c1-2-7-11(15,10(13)14)8-3-5-9(12)6-4-8/h3-6,10,15H,2,7H2,1H3. The smallest absolute Gasteiger partial charge is 0.270 e. The van der Waals surface area contributed by atoms with E-state index in [1.54, 1.807) is 6.92 Å². The van der Waals surface area contributed by atoms with Gasteiger partial charge in [-0.15, -0.1) is 0 Å². The van der Waals surface area contributed by atoms with Crippen molar-refractivity contribution in [2.24, 2.45) is 0 Å². The molecule has 1 unspecified atom stereocenters. The molecule has 0 aliphatic rings. The summed E-state index contributed by atoms with van der Waals surface area (Å²) in [6, 6.07) is 4.52. The Bertz CT molecular complexity index is 310. The first-order valence-corrected chi connectivity index (χ1v) is 4.77. The van der Waals surface area contributed by atoms with Crippen LogP contribution in [0.25, 0.3) is 0 Å². The van der Waals surface area contributed by atoms with Gasteiger partial charge < -0.3 is 5.11 Å². The van der Waals surface area contributed by atoms with Crippen molar-refractivity contribution in [3.63, 3.8) is 0 Å². The van der Waals surface area contributed by atoms with E-state index in [0.717, 1.165) is 12.1 Å². The molecule has 0 saturated carbocycles. The van der Waals surface area contributed by atoms with Crippen LogP contribution in [0.5, 0.6) is 0 Å². The van der Waals surface area contributed by atoms with Crippen molar-refractivity contribution in [2.75, 3.05) is 0 Å². The Kier molecular flexibility index (Phi) is 3.74. The zero-order chi connectivity index (χ0) is 11.5. The molecule has 0 radical (unpaired) electrons. The van der Waals surface area contributed by atoms with Gasteiger partial charge in [0, 0.05) is 0 Å². The van der Waals surface area contributed by atoms with Crippen molar-refractivity contribution < 1.29 is 18.3 Å². The van der Waals surface area contributed by atoms with Gasteiger partial charge in [0.2, 0.25) is 0 Å². The average molecular weight is 218 g/mol. The second-order valence-corrected chi connectivity index (χ2v) is 3.48. The highest BCUT2D eigenvalue weighted by molar-refractivity contribution is 5.23. The van der Waals surface area contributed by atoms with Crippen LogP contribution in [0.3, 0.4) is 0 Å². The van der Waals surface area contributed by atoms with Crippen LogP contribution >= 0.6 is 0 Å². The van der Waals surface area contributed by atoms with Gasteiger partial charge in [-0.25, -0.2) is 13.2 Å². The van der Waals surface area contributed by atoms with Gasteiger partial charge in [-0.2, -0.15) is 0 Å². The van der Waals surface area contributed by atoms with Gasteiger partial charge in [0.25, 0.3) is 6.43 Å². The number of alkyl halides is 2. The third kappa shape index (κ3) is 2.50. The molecule has 0 aliphatic heterocycles. The third-order valence-corrected chi connectivity index (χ3v) is 2.34. The predicted octanol–water partition coefficient (Wildman–Crippen LogP) is 3.08. The predicted molar refractivity (Wildman–Crippen MR) is 51.2 cm³/mol. The van der Waals surface area contributed by atoms with Crippen molar-refractivity contribution in [1.82, 2.24) is 0 Å². The molecule has 1 nitrogen and oxygen atoms in total. The molecular formula is C11H13F3O. The molecule has 1 aromatic carbocycles. The fourth-order valence-electron chi connectivity index (χ4n) is 1.50. The Balaban J connectivity index is 3.04. The van der Waals surface area contributed by atoms with Gasteiger partial charge in [0.1, 0.15) is 11.4 Å². The first kappa shape index (κ1) is 12.0. The van der Waals surface area contributed by atoms with Crippen LogP contribution in [0, 0.1) is 5.82 Å². The molecule has 0 fully saturated rings. The second kappa shape index (κ2) is 4.66. The van der Waals surface area contributed by atoms with Crippen molar-refractivity contribution in [3.05, 3.63) is 35.6 Å². The lowest BCUT2D eigenvalue weighted by Crippen LogP contribution is -2.34. The maximum absolute atomic E-state index is 12.7. The molecule has 1 aromatic rings. The fourth-order valence-corrected chi connectivity index (χ4v) is 1.50. The minimum Gasteiger partial charge on any atom is -0.379 e. The lowest BCUT2D eigenvalue weighted by molar-refractivity contribution is -0.107. The normalized spacial score (nSPS) is 15.3. The molecule has 0 spiro atoms. The zero-order valence-electron chi connectivity index (χ0n) is 8.38. The van der Waals surface area contributed by atoms with E-state index in [2.05, 4.69) is 0 Å². The summed E-state index contributed by atoms with van der Waals surface area (Å²) in [5, 5.41) is 9.78. The number of benzene rings is 1. The first-order chi connectivity index (χ1) is 7.00. The number of aliphatic hydroxyl groups is 1. The van der Waals surface area contributed by atoms with Crippen LogP contribution in [0.15, 0.2) is 24.3 Å². The molecule has 0 bridgehead atoms. The first-order valence-electron chi connectivity index (χ1n) is 4.77. The number of rotatable bonds is 4. The van der Waals surface area contributed by atoms with Crippen LogP contribution in [0.1, 0.15) is 25.3 Å². The van der Waals surface area contributed by atoms with Crippen LogP contribution < -0.4 is 0 Å². The molecule has 0 aliphatic carbocycles. The minimum absolute atomic E-state index is 0.0453. The highest BCUT2D eigenvalue weighted by atomic mass is 19.3. The van der Waals surface area contributed by atoms with E-state index in [4.69, 9.17) is 0 Å². The molecule has 0 saturated heterocycles. The summed E-state index contributed by atoms with van der Waals surface area (Å²) < 4.78 is 38.0. The van der Waals surface area contributed by atoms with E-state index >= 15 is 0 Å². The van der Waals surface area contributed by atoms with E-state index < -0.39 is 17.8 Å². The van der Waals surface area contributed by atoms with Crippen molar-refractivity contribution in [2.45, 2.75) is 31.8 Å². The minimum atomic E-state index is -2.87.